The molecular formula is C19H13N3S3. The summed E-state index contributed by atoms with van der Waals surface area (Å²) >= 11 is 5.08. The van der Waals surface area contributed by atoms with Crippen molar-refractivity contribution in [2.45, 2.75) is 4.90 Å². The first kappa shape index (κ1) is 15.1. The van der Waals surface area contributed by atoms with Crippen LogP contribution in [-0.4, -0.2) is 16.2 Å². The van der Waals surface area contributed by atoms with Crippen LogP contribution in [0.1, 0.15) is 0 Å². The summed E-state index contributed by atoms with van der Waals surface area (Å²) in [6.07, 6.45) is 2.09. The summed E-state index contributed by atoms with van der Waals surface area (Å²) in [4.78, 5) is 10.7. The topological polar surface area (TPSA) is 37.8 Å². The average Bonchev–Trinajstić information content (AvgIpc) is 3.24. The van der Waals surface area contributed by atoms with Gasteiger partial charge < -0.3 is 5.32 Å². The molecule has 0 aliphatic carbocycles. The summed E-state index contributed by atoms with van der Waals surface area (Å²) in [5, 5.41) is 7.58. The van der Waals surface area contributed by atoms with Gasteiger partial charge in [-0.15, -0.1) is 11.8 Å². The largest absolute Gasteiger partial charge is 0.307 e. The van der Waals surface area contributed by atoms with E-state index in [4.69, 9.17) is 4.98 Å². The molecule has 2 heterocycles. The van der Waals surface area contributed by atoms with Crippen LogP contribution >= 0.6 is 34.4 Å². The van der Waals surface area contributed by atoms with E-state index >= 15 is 0 Å². The van der Waals surface area contributed by atoms with Crippen molar-refractivity contribution in [3.05, 3.63) is 54.6 Å². The fourth-order valence-electron chi connectivity index (χ4n) is 2.89. The van der Waals surface area contributed by atoms with Crippen LogP contribution in [0.2, 0.25) is 0 Å². The lowest BCUT2D eigenvalue weighted by molar-refractivity contribution is 1.40. The van der Waals surface area contributed by atoms with Gasteiger partial charge in [0, 0.05) is 10.3 Å². The van der Waals surface area contributed by atoms with Crippen LogP contribution in [0.25, 0.3) is 31.2 Å². The Hall–Kier alpha value is -2.15. The summed E-state index contributed by atoms with van der Waals surface area (Å²) in [5.41, 5.74) is 2.08. The second kappa shape index (κ2) is 5.98. The van der Waals surface area contributed by atoms with Crippen LogP contribution in [-0.2, 0) is 0 Å². The fourth-order valence-corrected chi connectivity index (χ4v) is 5.26. The molecule has 0 spiro atoms. The van der Waals surface area contributed by atoms with Gasteiger partial charge in [0.1, 0.15) is 0 Å². The Bertz CT molecular complexity index is 1220. The van der Waals surface area contributed by atoms with Gasteiger partial charge in [-0.3, -0.25) is 0 Å². The van der Waals surface area contributed by atoms with Crippen molar-refractivity contribution in [3.63, 3.8) is 0 Å². The van der Waals surface area contributed by atoms with E-state index in [0.717, 1.165) is 21.3 Å². The molecule has 122 valence electrons. The number of benzene rings is 3. The quantitative estimate of drug-likeness (QED) is 0.362. The molecule has 0 atom stereocenters. The number of aromatic nitrogens is 2. The highest BCUT2D eigenvalue weighted by molar-refractivity contribution is 7.98. The van der Waals surface area contributed by atoms with Crippen molar-refractivity contribution in [2.75, 3.05) is 11.6 Å². The minimum atomic E-state index is 0.885. The predicted molar refractivity (Wildman–Crippen MR) is 112 cm³/mol. The highest BCUT2D eigenvalue weighted by atomic mass is 32.2. The van der Waals surface area contributed by atoms with E-state index in [1.807, 2.05) is 0 Å². The van der Waals surface area contributed by atoms with Crippen LogP contribution in [0, 0.1) is 0 Å². The zero-order chi connectivity index (χ0) is 16.8. The molecule has 1 N–H and O–H groups in total. The number of fused-ring (bicyclic) bond motifs is 4. The van der Waals surface area contributed by atoms with Gasteiger partial charge in [0.15, 0.2) is 10.3 Å². The third-order valence-electron chi connectivity index (χ3n) is 4.09. The van der Waals surface area contributed by atoms with Crippen LogP contribution in [0.5, 0.6) is 0 Å². The molecule has 5 rings (SSSR count). The van der Waals surface area contributed by atoms with Crippen molar-refractivity contribution in [3.8, 4) is 0 Å². The lowest BCUT2D eigenvalue weighted by Crippen LogP contribution is -1.87. The fraction of sp³-hybridized carbons (Fsp3) is 0.0526. The van der Waals surface area contributed by atoms with Crippen LogP contribution < -0.4 is 5.32 Å². The van der Waals surface area contributed by atoms with Crippen LogP contribution in [0.15, 0.2) is 59.5 Å². The lowest BCUT2D eigenvalue weighted by atomic mass is 10.1. The summed E-state index contributed by atoms with van der Waals surface area (Å²) in [6.45, 7) is 0. The summed E-state index contributed by atoms with van der Waals surface area (Å²) in [5.74, 6) is 0. The van der Waals surface area contributed by atoms with Crippen LogP contribution in [0.4, 0.5) is 10.3 Å². The highest BCUT2D eigenvalue weighted by Crippen LogP contribution is 2.35. The Kier molecular flexibility index (Phi) is 3.62. The number of anilines is 2. The van der Waals surface area contributed by atoms with Crippen molar-refractivity contribution in [2.24, 2.45) is 0 Å². The Balaban J connectivity index is 1.56. The standard InChI is InChI=1S/C19H13N3S3/c1-23-12-7-8-14-16(10-12)25-18(20-14)22-19-21-17-13-5-3-2-4-11(13)6-9-15(17)24-19/h2-10H,1H3,(H,20,21,22). The second-order valence-electron chi connectivity index (χ2n) is 5.63. The zero-order valence-electron chi connectivity index (χ0n) is 13.3. The minimum absolute atomic E-state index is 0.885. The summed E-state index contributed by atoms with van der Waals surface area (Å²) in [7, 11) is 0. The zero-order valence-corrected chi connectivity index (χ0v) is 15.8. The molecule has 0 aliphatic rings. The first-order valence-corrected chi connectivity index (χ1v) is 10.7. The molecule has 6 heteroatoms. The van der Waals surface area contributed by atoms with Crippen molar-refractivity contribution in [1.29, 1.82) is 0 Å². The molecule has 2 aromatic heterocycles. The molecule has 0 saturated heterocycles. The van der Waals surface area contributed by atoms with Gasteiger partial charge in [-0.2, -0.15) is 0 Å². The smallest absolute Gasteiger partial charge is 0.190 e. The van der Waals surface area contributed by atoms with Gasteiger partial charge in [0.05, 0.1) is 20.4 Å². The molecular weight excluding hydrogens is 366 g/mol. The first-order valence-electron chi connectivity index (χ1n) is 7.80. The minimum Gasteiger partial charge on any atom is -0.307 e. The summed E-state index contributed by atoms with van der Waals surface area (Å²) < 4.78 is 2.38. The number of hydrogen-bond acceptors (Lipinski definition) is 6. The van der Waals surface area contributed by atoms with Crippen LogP contribution in [0.3, 0.4) is 0 Å². The van der Waals surface area contributed by atoms with Gasteiger partial charge in [0.2, 0.25) is 0 Å². The van der Waals surface area contributed by atoms with Gasteiger partial charge in [-0.05, 0) is 35.9 Å². The van der Waals surface area contributed by atoms with E-state index in [-0.39, 0.29) is 0 Å². The Labute approximate surface area is 156 Å². The number of rotatable bonds is 3. The maximum Gasteiger partial charge on any atom is 0.190 e. The Morgan fingerprint density at radius 3 is 2.64 bits per heavy atom. The monoisotopic (exact) mass is 379 g/mol. The van der Waals surface area contributed by atoms with E-state index in [9.17, 15) is 0 Å². The molecule has 0 aliphatic heterocycles. The maximum atomic E-state index is 4.81. The number of nitrogens with one attached hydrogen (secondary N) is 1. The van der Waals surface area contributed by atoms with E-state index in [0.29, 0.717) is 0 Å². The normalized spacial score (nSPS) is 11.6. The maximum absolute atomic E-state index is 4.81. The summed E-state index contributed by atoms with van der Waals surface area (Å²) in [6, 6.07) is 19.0. The Morgan fingerprint density at radius 1 is 0.880 bits per heavy atom. The van der Waals surface area contributed by atoms with Crippen molar-refractivity contribution in [1.82, 2.24) is 9.97 Å². The highest BCUT2D eigenvalue weighted by Gasteiger charge is 2.10. The van der Waals surface area contributed by atoms with Crippen molar-refractivity contribution >= 4 is 75.9 Å². The van der Waals surface area contributed by atoms with E-state index in [1.165, 1.54) is 25.1 Å². The molecule has 0 saturated carbocycles. The Morgan fingerprint density at radius 2 is 1.72 bits per heavy atom. The van der Waals surface area contributed by atoms with E-state index < -0.39 is 0 Å². The third-order valence-corrected chi connectivity index (χ3v) is 6.69. The van der Waals surface area contributed by atoms with Gasteiger partial charge >= 0.3 is 0 Å². The second-order valence-corrected chi connectivity index (χ2v) is 8.57. The van der Waals surface area contributed by atoms with Crippen molar-refractivity contribution < 1.29 is 0 Å². The van der Waals surface area contributed by atoms with E-state index in [2.05, 4.69) is 71.2 Å². The molecule has 5 aromatic rings. The molecule has 0 radical (unpaired) electrons. The van der Waals surface area contributed by atoms with Gasteiger partial charge in [0.25, 0.3) is 0 Å². The molecule has 3 aromatic carbocycles. The molecule has 0 fully saturated rings. The number of hydrogen-bond donors (Lipinski definition) is 1. The van der Waals surface area contributed by atoms with E-state index in [1.54, 1.807) is 34.4 Å². The van der Waals surface area contributed by atoms with Gasteiger partial charge in [-0.25, -0.2) is 9.97 Å². The number of thioether (sulfide) groups is 1. The number of nitrogens with zero attached hydrogens (tertiary/aromatic N) is 2. The predicted octanol–water partition coefficient (Wildman–Crippen LogP) is 6.52. The third kappa shape index (κ3) is 2.66. The molecule has 0 bridgehead atoms. The average molecular weight is 380 g/mol. The lowest BCUT2D eigenvalue weighted by Gasteiger charge is -1.96. The molecule has 0 amide bonds. The first-order chi connectivity index (χ1) is 12.3. The van der Waals surface area contributed by atoms with Gasteiger partial charge in [-0.1, -0.05) is 53.0 Å². The molecule has 3 nitrogen and oxygen atoms in total. The number of thiazole rings is 2. The molecule has 0 unspecified atom stereocenters. The molecule has 25 heavy (non-hydrogen) atoms. The SMILES string of the molecule is CSc1ccc2nc(Nc3nc4c(ccc5ccccc54)s3)sc2c1.